The molecular formula is C15H12BrClFN3S. The maximum Gasteiger partial charge on any atom is 0.180 e. The fourth-order valence-corrected chi connectivity index (χ4v) is 2.74. The summed E-state index contributed by atoms with van der Waals surface area (Å²) in [5.74, 6) is 0.195. The molecule has 22 heavy (non-hydrogen) atoms. The van der Waals surface area contributed by atoms with E-state index in [0.29, 0.717) is 21.0 Å². The van der Waals surface area contributed by atoms with Crippen LogP contribution in [0, 0.1) is 5.82 Å². The lowest BCUT2D eigenvalue weighted by molar-refractivity contribution is 0.627. The highest BCUT2D eigenvalue weighted by Crippen LogP contribution is 2.26. The van der Waals surface area contributed by atoms with E-state index in [0.717, 1.165) is 5.56 Å². The van der Waals surface area contributed by atoms with E-state index in [9.17, 15) is 4.39 Å². The summed E-state index contributed by atoms with van der Waals surface area (Å²) in [6.07, 6.45) is 1.42. The largest absolute Gasteiger partial charge is 0.377 e. The maximum atomic E-state index is 13.4. The molecule has 0 aliphatic carbocycles. The second-order valence-electron chi connectivity index (χ2n) is 4.26. The minimum atomic E-state index is -0.520. The van der Waals surface area contributed by atoms with Gasteiger partial charge in [0.2, 0.25) is 0 Å². The quantitative estimate of drug-likeness (QED) is 0.346. The lowest BCUT2D eigenvalue weighted by Crippen LogP contribution is -2.06. The van der Waals surface area contributed by atoms with Crippen LogP contribution >= 0.6 is 39.3 Å². The summed E-state index contributed by atoms with van der Waals surface area (Å²) in [5.41, 5.74) is 7.46. The highest BCUT2D eigenvalue weighted by Gasteiger charge is 2.05. The minimum Gasteiger partial charge on any atom is -0.377 e. The molecule has 0 spiro atoms. The maximum absolute atomic E-state index is 13.4. The van der Waals surface area contributed by atoms with E-state index in [-0.39, 0.29) is 5.02 Å². The molecule has 0 fully saturated rings. The number of halogens is 3. The fraction of sp³-hybridized carbons (Fsp3) is 0.0667. The summed E-state index contributed by atoms with van der Waals surface area (Å²) in [6.45, 7) is 0. The van der Waals surface area contributed by atoms with E-state index in [1.807, 2.05) is 30.3 Å². The zero-order valence-corrected chi connectivity index (χ0v) is 14.5. The van der Waals surface area contributed by atoms with Crippen molar-refractivity contribution in [2.75, 3.05) is 0 Å². The molecule has 0 amide bonds. The van der Waals surface area contributed by atoms with Crippen molar-refractivity contribution >= 4 is 50.7 Å². The van der Waals surface area contributed by atoms with Gasteiger partial charge in [-0.2, -0.15) is 5.10 Å². The molecule has 0 bridgehead atoms. The summed E-state index contributed by atoms with van der Waals surface area (Å²) in [7, 11) is 0. The Balaban J connectivity index is 1.95. The summed E-state index contributed by atoms with van der Waals surface area (Å²) in [5, 5.41) is 8.11. The molecule has 0 saturated carbocycles. The Morgan fingerprint density at radius 3 is 2.73 bits per heavy atom. The molecule has 0 heterocycles. The predicted molar refractivity (Wildman–Crippen MR) is 96.1 cm³/mol. The summed E-state index contributed by atoms with van der Waals surface area (Å²) < 4.78 is 13.9. The number of amidine groups is 1. The van der Waals surface area contributed by atoms with Crippen LogP contribution in [0.4, 0.5) is 4.39 Å². The van der Waals surface area contributed by atoms with E-state index >= 15 is 0 Å². The highest BCUT2D eigenvalue weighted by atomic mass is 79.9. The third-order valence-corrected chi connectivity index (χ3v) is 4.69. The third-order valence-electron chi connectivity index (χ3n) is 2.60. The van der Waals surface area contributed by atoms with Crippen molar-refractivity contribution in [1.29, 1.82) is 0 Å². The topological polar surface area (TPSA) is 50.7 Å². The second kappa shape index (κ2) is 8.31. The zero-order valence-electron chi connectivity index (χ0n) is 11.3. The van der Waals surface area contributed by atoms with Crippen LogP contribution in [0.1, 0.15) is 11.1 Å². The van der Waals surface area contributed by atoms with Gasteiger partial charge in [-0.3, -0.25) is 0 Å². The van der Waals surface area contributed by atoms with Crippen molar-refractivity contribution in [2.24, 2.45) is 15.9 Å². The number of nitrogens with zero attached hydrogens (tertiary/aromatic N) is 2. The second-order valence-corrected chi connectivity index (χ2v) is 6.48. The van der Waals surface area contributed by atoms with Crippen molar-refractivity contribution < 1.29 is 4.39 Å². The molecule has 0 unspecified atom stereocenters. The van der Waals surface area contributed by atoms with Crippen molar-refractivity contribution in [3.63, 3.8) is 0 Å². The van der Waals surface area contributed by atoms with Crippen LogP contribution in [0.25, 0.3) is 0 Å². The highest BCUT2D eigenvalue weighted by molar-refractivity contribution is 9.10. The van der Waals surface area contributed by atoms with Gasteiger partial charge in [0.1, 0.15) is 5.82 Å². The molecule has 0 aliphatic rings. The number of hydrogen-bond donors (Lipinski definition) is 1. The van der Waals surface area contributed by atoms with Gasteiger partial charge in [0, 0.05) is 10.2 Å². The van der Waals surface area contributed by atoms with Gasteiger partial charge in [0.05, 0.1) is 11.2 Å². The first kappa shape index (κ1) is 17.0. The van der Waals surface area contributed by atoms with Gasteiger partial charge >= 0.3 is 0 Å². The number of thioether (sulfide) groups is 1. The van der Waals surface area contributed by atoms with Crippen LogP contribution in [-0.2, 0) is 5.75 Å². The average Bonchev–Trinajstić information content (AvgIpc) is 2.51. The summed E-state index contributed by atoms with van der Waals surface area (Å²) in [4.78, 5) is 0. The molecule has 2 N–H and O–H groups in total. The molecular weight excluding hydrogens is 389 g/mol. The van der Waals surface area contributed by atoms with Crippen molar-refractivity contribution in [3.8, 4) is 0 Å². The first-order valence-corrected chi connectivity index (χ1v) is 8.39. The van der Waals surface area contributed by atoms with Gasteiger partial charge in [-0.1, -0.05) is 53.7 Å². The number of nitrogens with two attached hydrogens (primary N) is 1. The molecule has 0 saturated heterocycles. The van der Waals surface area contributed by atoms with Crippen LogP contribution < -0.4 is 5.73 Å². The molecule has 0 aliphatic heterocycles. The van der Waals surface area contributed by atoms with E-state index in [1.165, 1.54) is 24.0 Å². The van der Waals surface area contributed by atoms with Gasteiger partial charge < -0.3 is 5.73 Å². The Bertz CT molecular complexity index is 684. The monoisotopic (exact) mass is 399 g/mol. The number of benzene rings is 2. The van der Waals surface area contributed by atoms with Crippen LogP contribution in [0.3, 0.4) is 0 Å². The third kappa shape index (κ3) is 5.12. The Kier molecular flexibility index (Phi) is 6.42. The van der Waals surface area contributed by atoms with Crippen LogP contribution in [0.5, 0.6) is 0 Å². The van der Waals surface area contributed by atoms with E-state index in [1.54, 1.807) is 6.07 Å². The Morgan fingerprint density at radius 2 is 2.05 bits per heavy atom. The number of hydrogen-bond acceptors (Lipinski definition) is 3. The average molecular weight is 401 g/mol. The van der Waals surface area contributed by atoms with Crippen molar-refractivity contribution in [2.45, 2.75) is 5.75 Å². The van der Waals surface area contributed by atoms with Crippen LogP contribution in [0.15, 0.2) is 57.1 Å². The first-order chi connectivity index (χ1) is 10.6. The zero-order chi connectivity index (χ0) is 15.9. The SMILES string of the molecule is NC(=NN=Cc1cc(F)c(Cl)c(Br)c1)SCc1ccccc1. The van der Waals surface area contributed by atoms with E-state index in [2.05, 4.69) is 26.1 Å². The Hall–Kier alpha value is -1.37. The molecule has 3 nitrogen and oxygen atoms in total. The Labute approximate surface area is 145 Å². The van der Waals surface area contributed by atoms with Crippen LogP contribution in [0.2, 0.25) is 5.02 Å². The smallest absolute Gasteiger partial charge is 0.180 e. The first-order valence-electron chi connectivity index (χ1n) is 6.24. The van der Waals surface area contributed by atoms with Crippen molar-refractivity contribution in [3.05, 3.63) is 68.9 Å². The predicted octanol–water partition coefficient (Wildman–Crippen LogP) is 4.82. The lowest BCUT2D eigenvalue weighted by Gasteiger charge is -2.00. The standard InChI is InChI=1S/C15H12BrClFN3S/c16-12-6-11(7-13(18)14(12)17)8-20-21-15(19)22-9-10-4-2-1-3-5-10/h1-8H,9H2,(H2,19,21). The minimum absolute atomic E-state index is 0.0404. The van der Waals surface area contributed by atoms with Gasteiger partial charge in [0.15, 0.2) is 5.17 Å². The molecule has 2 rings (SSSR count). The lowest BCUT2D eigenvalue weighted by atomic mass is 10.2. The molecule has 0 radical (unpaired) electrons. The molecule has 114 valence electrons. The van der Waals surface area contributed by atoms with E-state index in [4.69, 9.17) is 17.3 Å². The van der Waals surface area contributed by atoms with Gasteiger partial charge in [-0.15, -0.1) is 5.10 Å². The number of rotatable bonds is 4. The molecule has 7 heteroatoms. The molecule has 0 aromatic heterocycles. The molecule has 2 aromatic rings. The van der Waals surface area contributed by atoms with Gasteiger partial charge in [-0.05, 0) is 39.2 Å². The molecule has 0 atom stereocenters. The van der Waals surface area contributed by atoms with E-state index < -0.39 is 5.82 Å². The summed E-state index contributed by atoms with van der Waals surface area (Å²) in [6, 6.07) is 12.8. The fourth-order valence-electron chi connectivity index (χ4n) is 1.56. The van der Waals surface area contributed by atoms with Gasteiger partial charge in [0.25, 0.3) is 0 Å². The Morgan fingerprint density at radius 1 is 1.32 bits per heavy atom. The van der Waals surface area contributed by atoms with Gasteiger partial charge in [-0.25, -0.2) is 4.39 Å². The molecule has 2 aromatic carbocycles. The van der Waals surface area contributed by atoms with Crippen LogP contribution in [-0.4, -0.2) is 11.4 Å². The van der Waals surface area contributed by atoms with Crippen molar-refractivity contribution in [1.82, 2.24) is 0 Å². The normalized spacial score (nSPS) is 12.0. The summed E-state index contributed by atoms with van der Waals surface area (Å²) >= 11 is 10.3.